The van der Waals surface area contributed by atoms with Crippen molar-refractivity contribution in [2.45, 2.75) is 84.8 Å². The largest absolute Gasteiger partial charge is 0.347 e. The average Bonchev–Trinajstić information content (AvgIpc) is 2.95. The molecule has 0 radical (unpaired) electrons. The van der Waals surface area contributed by atoms with Gasteiger partial charge in [0.2, 0.25) is 5.91 Å². The number of aromatic nitrogens is 3. The van der Waals surface area contributed by atoms with Crippen LogP contribution in [0.3, 0.4) is 0 Å². The molecule has 2 N–H and O–H groups in total. The molecule has 0 aliphatic carbocycles. The zero-order valence-corrected chi connectivity index (χ0v) is 19.4. The third kappa shape index (κ3) is 5.71. The summed E-state index contributed by atoms with van der Waals surface area (Å²) >= 11 is 0. The monoisotopic (exact) mass is 425 g/mol. The predicted molar refractivity (Wildman–Crippen MR) is 121 cm³/mol. The van der Waals surface area contributed by atoms with Crippen LogP contribution in [0, 0.1) is 5.92 Å². The van der Waals surface area contributed by atoms with Crippen molar-refractivity contribution in [2.75, 3.05) is 0 Å². The predicted octanol–water partition coefficient (Wildman–Crippen LogP) is 3.37. The van der Waals surface area contributed by atoms with Gasteiger partial charge in [-0.1, -0.05) is 53.2 Å². The molecule has 0 saturated carbocycles. The summed E-state index contributed by atoms with van der Waals surface area (Å²) in [6.45, 7) is 11.5. The molecular formula is C24H35N5O2. The Morgan fingerprint density at radius 3 is 2.42 bits per heavy atom. The van der Waals surface area contributed by atoms with Gasteiger partial charge in [-0.25, -0.2) is 0 Å². The molecule has 7 heteroatoms. The molecule has 1 atom stereocenters. The summed E-state index contributed by atoms with van der Waals surface area (Å²) in [7, 11) is 0. The zero-order chi connectivity index (χ0) is 22.6. The van der Waals surface area contributed by atoms with Crippen LogP contribution in [0.5, 0.6) is 0 Å². The second-order valence-electron chi connectivity index (χ2n) is 9.74. The van der Waals surface area contributed by atoms with E-state index in [0.29, 0.717) is 12.1 Å². The van der Waals surface area contributed by atoms with Gasteiger partial charge < -0.3 is 15.2 Å². The lowest BCUT2D eigenvalue weighted by Gasteiger charge is -2.22. The fourth-order valence-electron chi connectivity index (χ4n) is 3.83. The molecule has 1 aromatic heterocycles. The molecule has 0 bridgehead atoms. The smallest absolute Gasteiger partial charge is 0.251 e. The molecule has 0 saturated heterocycles. The lowest BCUT2D eigenvalue weighted by atomic mass is 9.86. The van der Waals surface area contributed by atoms with Gasteiger partial charge in [-0.3, -0.25) is 9.59 Å². The van der Waals surface area contributed by atoms with Crippen molar-refractivity contribution in [3.05, 3.63) is 47.0 Å². The summed E-state index contributed by atoms with van der Waals surface area (Å²) in [4.78, 5) is 25.7. The highest BCUT2D eigenvalue weighted by atomic mass is 16.2. The molecule has 1 aliphatic heterocycles. The minimum absolute atomic E-state index is 0.0231. The van der Waals surface area contributed by atoms with Crippen LogP contribution < -0.4 is 10.6 Å². The Morgan fingerprint density at radius 1 is 1.06 bits per heavy atom. The van der Waals surface area contributed by atoms with Crippen LogP contribution in [0.1, 0.15) is 81.5 Å². The number of hydrogen-bond donors (Lipinski definition) is 2. The number of hydrogen-bond acceptors (Lipinski definition) is 4. The van der Waals surface area contributed by atoms with Gasteiger partial charge in [0.1, 0.15) is 11.9 Å². The Kier molecular flexibility index (Phi) is 7.13. The third-order valence-corrected chi connectivity index (χ3v) is 5.86. The normalized spacial score (nSPS) is 15.2. The minimum atomic E-state index is -0.624. The number of carbonyl (C=O) groups is 2. The van der Waals surface area contributed by atoms with Crippen molar-refractivity contribution in [3.63, 3.8) is 0 Å². The molecule has 1 unspecified atom stereocenters. The van der Waals surface area contributed by atoms with Crippen LogP contribution >= 0.6 is 0 Å². The Balaban J connectivity index is 1.63. The zero-order valence-electron chi connectivity index (χ0n) is 19.4. The van der Waals surface area contributed by atoms with Crippen molar-refractivity contribution in [1.82, 2.24) is 25.4 Å². The molecule has 7 nitrogen and oxygen atoms in total. The number of nitrogens with zero attached hydrogens (tertiary/aromatic N) is 3. The number of amides is 2. The molecule has 168 valence electrons. The van der Waals surface area contributed by atoms with E-state index in [4.69, 9.17) is 0 Å². The molecule has 0 fully saturated rings. The van der Waals surface area contributed by atoms with Crippen molar-refractivity contribution in [2.24, 2.45) is 5.92 Å². The van der Waals surface area contributed by atoms with Crippen molar-refractivity contribution in [1.29, 1.82) is 0 Å². The second-order valence-corrected chi connectivity index (χ2v) is 9.74. The Bertz CT molecular complexity index is 909. The van der Waals surface area contributed by atoms with Crippen LogP contribution in [0.4, 0.5) is 0 Å². The summed E-state index contributed by atoms with van der Waals surface area (Å²) in [6, 6.07) is 6.95. The number of benzene rings is 1. The van der Waals surface area contributed by atoms with Crippen LogP contribution in [-0.4, -0.2) is 32.6 Å². The summed E-state index contributed by atoms with van der Waals surface area (Å²) in [5, 5.41) is 14.4. The highest BCUT2D eigenvalue weighted by Gasteiger charge is 2.25. The molecule has 3 rings (SSSR count). The summed E-state index contributed by atoms with van der Waals surface area (Å²) in [6.07, 6.45) is 4.35. The number of rotatable bonds is 6. The van der Waals surface area contributed by atoms with E-state index in [0.717, 1.165) is 43.0 Å². The van der Waals surface area contributed by atoms with Gasteiger partial charge in [-0.15, -0.1) is 10.2 Å². The molecule has 2 aromatic rings. The van der Waals surface area contributed by atoms with Crippen molar-refractivity contribution < 1.29 is 9.59 Å². The number of fused-ring (bicyclic) bond motifs is 1. The lowest BCUT2D eigenvalue weighted by Crippen LogP contribution is -2.49. The maximum Gasteiger partial charge on any atom is 0.251 e. The average molecular weight is 426 g/mol. The Labute approximate surface area is 185 Å². The molecule has 1 aliphatic rings. The maximum atomic E-state index is 12.9. The highest BCUT2D eigenvalue weighted by molar-refractivity contribution is 5.97. The van der Waals surface area contributed by atoms with Gasteiger partial charge in [0.15, 0.2) is 5.82 Å². The van der Waals surface area contributed by atoms with E-state index >= 15 is 0 Å². The number of carbonyl (C=O) groups excluding carboxylic acids is 2. The fraction of sp³-hybridized carbons (Fsp3) is 0.583. The van der Waals surface area contributed by atoms with E-state index in [1.807, 2.05) is 38.1 Å². The second kappa shape index (κ2) is 9.62. The summed E-state index contributed by atoms with van der Waals surface area (Å²) < 4.78 is 2.12. The highest BCUT2D eigenvalue weighted by Crippen LogP contribution is 2.22. The van der Waals surface area contributed by atoms with Crippen LogP contribution in [-0.2, 0) is 29.7 Å². The van der Waals surface area contributed by atoms with E-state index < -0.39 is 6.04 Å². The molecule has 2 amide bonds. The van der Waals surface area contributed by atoms with Gasteiger partial charge in [0, 0.05) is 18.5 Å². The quantitative estimate of drug-likeness (QED) is 0.743. The van der Waals surface area contributed by atoms with Crippen LogP contribution in [0.15, 0.2) is 24.3 Å². The van der Waals surface area contributed by atoms with E-state index in [9.17, 15) is 9.59 Å². The van der Waals surface area contributed by atoms with E-state index in [1.165, 1.54) is 6.42 Å². The van der Waals surface area contributed by atoms with Gasteiger partial charge in [-0.2, -0.15) is 0 Å². The fourth-order valence-corrected chi connectivity index (χ4v) is 3.83. The van der Waals surface area contributed by atoms with Gasteiger partial charge in [0.05, 0.1) is 6.54 Å². The SMILES string of the molecule is CC(C)C(NC(=O)c1ccc(C(C)(C)C)cc1)C(=O)NCc1nnc2n1CCCCC2. The standard InChI is InChI=1S/C24H35N5O2/c1-16(2)21(26-22(30)17-10-12-18(13-11-17)24(3,4)5)23(31)25-15-20-28-27-19-9-7-6-8-14-29(19)20/h10-13,16,21H,6-9,14-15H2,1-5H3,(H,25,31)(H,26,30). The van der Waals surface area contributed by atoms with Crippen molar-refractivity contribution >= 4 is 11.8 Å². The van der Waals surface area contributed by atoms with Gasteiger partial charge in [-0.05, 0) is 41.9 Å². The molecule has 31 heavy (non-hydrogen) atoms. The number of nitrogens with one attached hydrogen (secondary N) is 2. The molecule has 1 aromatic carbocycles. The summed E-state index contributed by atoms with van der Waals surface area (Å²) in [5.74, 6) is 1.27. The third-order valence-electron chi connectivity index (χ3n) is 5.86. The summed E-state index contributed by atoms with van der Waals surface area (Å²) in [5.41, 5.74) is 1.74. The first-order valence-corrected chi connectivity index (χ1v) is 11.3. The molecule has 2 heterocycles. The van der Waals surface area contributed by atoms with Crippen LogP contribution in [0.25, 0.3) is 0 Å². The van der Waals surface area contributed by atoms with E-state index in [2.05, 4.69) is 46.2 Å². The minimum Gasteiger partial charge on any atom is -0.347 e. The van der Waals surface area contributed by atoms with Gasteiger partial charge in [0.25, 0.3) is 5.91 Å². The molecule has 0 spiro atoms. The topological polar surface area (TPSA) is 88.9 Å². The maximum absolute atomic E-state index is 12.9. The first-order valence-electron chi connectivity index (χ1n) is 11.3. The Morgan fingerprint density at radius 2 is 1.77 bits per heavy atom. The van der Waals surface area contributed by atoms with Crippen molar-refractivity contribution in [3.8, 4) is 0 Å². The lowest BCUT2D eigenvalue weighted by molar-refractivity contribution is -0.124. The first-order chi connectivity index (χ1) is 14.7. The van der Waals surface area contributed by atoms with Crippen LogP contribution in [0.2, 0.25) is 0 Å². The van der Waals surface area contributed by atoms with E-state index in [-0.39, 0.29) is 23.1 Å². The van der Waals surface area contributed by atoms with E-state index in [1.54, 1.807) is 0 Å². The molecular weight excluding hydrogens is 390 g/mol. The van der Waals surface area contributed by atoms with Gasteiger partial charge >= 0.3 is 0 Å². The number of aryl methyl sites for hydroxylation is 1. The Hall–Kier alpha value is -2.70. The first kappa shape index (κ1) is 23.0.